The highest BCUT2D eigenvalue weighted by Crippen LogP contribution is 2.26. The Hall–Kier alpha value is -3.75. The van der Waals surface area contributed by atoms with Gasteiger partial charge in [0.15, 0.2) is 0 Å². The van der Waals surface area contributed by atoms with Crippen molar-refractivity contribution < 1.29 is 14.4 Å². The van der Waals surface area contributed by atoms with E-state index in [1.807, 2.05) is 86.3 Å². The van der Waals surface area contributed by atoms with Crippen LogP contribution in [0.15, 0.2) is 77.8 Å². The van der Waals surface area contributed by atoms with Crippen molar-refractivity contribution in [2.24, 2.45) is 4.99 Å². The van der Waals surface area contributed by atoms with Gasteiger partial charge in [-0.1, -0.05) is 72.8 Å². The van der Waals surface area contributed by atoms with Gasteiger partial charge in [0, 0.05) is 32.7 Å². The first-order valence-electron chi connectivity index (χ1n) is 12.5. The average Bonchev–Trinajstić information content (AvgIpc) is 2.89. The summed E-state index contributed by atoms with van der Waals surface area (Å²) < 4.78 is 0. The number of hydrazine groups is 1. The third kappa shape index (κ3) is 6.53. The van der Waals surface area contributed by atoms with E-state index in [1.54, 1.807) is 0 Å². The van der Waals surface area contributed by atoms with E-state index in [-0.39, 0.29) is 12.6 Å². The van der Waals surface area contributed by atoms with Gasteiger partial charge in [0.1, 0.15) is 0 Å². The van der Waals surface area contributed by atoms with E-state index in [0.29, 0.717) is 13.1 Å². The van der Waals surface area contributed by atoms with Crippen LogP contribution in [0.2, 0.25) is 0 Å². The monoisotopic (exact) mass is 501 g/mol. The zero-order valence-electron chi connectivity index (χ0n) is 21.8. The molecule has 0 aliphatic carbocycles. The summed E-state index contributed by atoms with van der Waals surface area (Å²) in [5, 5.41) is 4.94. The summed E-state index contributed by atoms with van der Waals surface area (Å²) in [5.41, 5.74) is 1.50. The number of rotatable bonds is 6. The number of hydrogen-bond acceptors (Lipinski definition) is 5. The van der Waals surface area contributed by atoms with Crippen molar-refractivity contribution in [3.8, 4) is 0 Å². The van der Waals surface area contributed by atoms with Crippen LogP contribution in [-0.4, -0.2) is 70.5 Å². The molecule has 1 fully saturated rings. The molecule has 1 heterocycles. The molecule has 0 aromatic heterocycles. The molecule has 0 N–H and O–H groups in total. The quantitative estimate of drug-likeness (QED) is 0.337. The van der Waals surface area contributed by atoms with Crippen molar-refractivity contribution in [3.63, 3.8) is 0 Å². The second kappa shape index (κ2) is 11.5. The first kappa shape index (κ1) is 26.3. The predicted octanol–water partition coefficient (Wildman–Crippen LogP) is 5.35. The minimum atomic E-state index is -0.866. The molecule has 0 bridgehead atoms. The van der Waals surface area contributed by atoms with Crippen molar-refractivity contribution in [1.82, 2.24) is 20.0 Å². The number of carbonyl (C=O) groups is 2. The maximum Gasteiger partial charge on any atom is 0.453 e. The fraction of sp³-hybridized carbons (Fsp3) is 0.345. The lowest BCUT2D eigenvalue weighted by Gasteiger charge is -2.45. The molecular formula is C29H35N5O3. The number of nitrogens with zero attached hydrogens (tertiary/aromatic N) is 5. The van der Waals surface area contributed by atoms with Crippen molar-refractivity contribution in [1.29, 1.82) is 0 Å². The highest BCUT2D eigenvalue weighted by molar-refractivity contribution is 5.85. The molecule has 0 unspecified atom stereocenters. The highest BCUT2D eigenvalue weighted by atomic mass is 16.8. The van der Waals surface area contributed by atoms with Gasteiger partial charge in [-0.2, -0.15) is 4.99 Å². The molecule has 3 amide bonds. The molecule has 0 radical (unpaired) electrons. The van der Waals surface area contributed by atoms with Gasteiger partial charge in [-0.3, -0.25) is 4.90 Å². The van der Waals surface area contributed by atoms with E-state index >= 15 is 0 Å². The molecule has 1 aliphatic heterocycles. The maximum atomic E-state index is 13.9. The van der Waals surface area contributed by atoms with Crippen molar-refractivity contribution in [2.75, 3.05) is 26.2 Å². The predicted molar refractivity (Wildman–Crippen MR) is 146 cm³/mol. The zero-order valence-corrected chi connectivity index (χ0v) is 21.8. The summed E-state index contributed by atoms with van der Waals surface area (Å²) in [7, 11) is 0. The number of urea groups is 1. The van der Waals surface area contributed by atoms with E-state index in [9.17, 15) is 9.59 Å². The number of amides is 3. The van der Waals surface area contributed by atoms with E-state index in [1.165, 1.54) is 15.7 Å². The van der Waals surface area contributed by atoms with Gasteiger partial charge in [-0.05, 0) is 54.6 Å². The van der Waals surface area contributed by atoms with Crippen molar-refractivity contribution in [2.45, 2.75) is 39.4 Å². The number of aliphatic imine (C=N–C) groups is 1. The Morgan fingerprint density at radius 3 is 2.24 bits per heavy atom. The van der Waals surface area contributed by atoms with Gasteiger partial charge in [0.05, 0.1) is 12.1 Å². The summed E-state index contributed by atoms with van der Waals surface area (Å²) in [4.78, 5) is 39.4. The van der Waals surface area contributed by atoms with Crippen LogP contribution in [0.1, 0.15) is 31.9 Å². The van der Waals surface area contributed by atoms with E-state index in [0.717, 1.165) is 36.0 Å². The molecule has 194 valence electrons. The van der Waals surface area contributed by atoms with Crippen LogP contribution in [0, 0.1) is 0 Å². The van der Waals surface area contributed by atoms with Crippen LogP contribution in [0.25, 0.3) is 10.8 Å². The number of hydroxylamine groups is 1. The molecule has 0 atom stereocenters. The summed E-state index contributed by atoms with van der Waals surface area (Å²) in [5.74, 6) is 0. The lowest BCUT2D eigenvalue weighted by atomic mass is 10.0. The Labute approximate surface area is 218 Å². The van der Waals surface area contributed by atoms with Gasteiger partial charge >= 0.3 is 12.1 Å². The Kier molecular flexibility index (Phi) is 8.21. The Bertz CT molecular complexity index is 1230. The highest BCUT2D eigenvalue weighted by Gasteiger charge is 2.38. The van der Waals surface area contributed by atoms with Crippen LogP contribution in [0.3, 0.4) is 0 Å². The molecule has 8 nitrogen and oxygen atoms in total. The Balaban J connectivity index is 1.55. The molecule has 3 aromatic carbocycles. The van der Waals surface area contributed by atoms with E-state index < -0.39 is 11.6 Å². The SMILES string of the molecule is C=NC(=O)ON(Cc1cccc2ccccc12)N(C(=O)N1CCN(Cc2ccccc2)CC1)C(C)(C)C. The van der Waals surface area contributed by atoms with Gasteiger partial charge < -0.3 is 9.74 Å². The fourth-order valence-electron chi connectivity index (χ4n) is 4.63. The molecule has 3 aromatic rings. The van der Waals surface area contributed by atoms with Crippen LogP contribution in [-0.2, 0) is 17.9 Å². The first-order valence-corrected chi connectivity index (χ1v) is 12.5. The molecule has 8 heteroatoms. The summed E-state index contributed by atoms with van der Waals surface area (Å²) in [6.45, 7) is 12.8. The smallest absolute Gasteiger partial charge is 0.328 e. The number of piperazine rings is 1. The van der Waals surface area contributed by atoms with Crippen LogP contribution >= 0.6 is 0 Å². The minimum absolute atomic E-state index is 0.180. The van der Waals surface area contributed by atoms with Crippen molar-refractivity contribution >= 4 is 29.6 Å². The molecule has 1 saturated heterocycles. The zero-order chi connectivity index (χ0) is 26.4. The first-order chi connectivity index (χ1) is 17.8. The van der Waals surface area contributed by atoms with E-state index in [4.69, 9.17) is 4.84 Å². The Morgan fingerprint density at radius 2 is 1.57 bits per heavy atom. The number of hydrogen-bond donors (Lipinski definition) is 0. The summed E-state index contributed by atoms with van der Waals surface area (Å²) >= 11 is 0. The van der Waals surface area contributed by atoms with Crippen LogP contribution in [0.5, 0.6) is 0 Å². The topological polar surface area (TPSA) is 68.7 Å². The van der Waals surface area contributed by atoms with Gasteiger partial charge in [-0.25, -0.2) is 14.6 Å². The molecule has 1 aliphatic rings. The molecule has 4 rings (SSSR count). The third-order valence-electron chi connectivity index (χ3n) is 6.43. The molecule has 0 spiro atoms. The van der Waals surface area contributed by atoms with Crippen LogP contribution < -0.4 is 0 Å². The maximum absolute atomic E-state index is 13.9. The third-order valence-corrected chi connectivity index (χ3v) is 6.43. The molecular weight excluding hydrogens is 466 g/mol. The Morgan fingerprint density at radius 1 is 0.919 bits per heavy atom. The number of benzene rings is 3. The second-order valence-corrected chi connectivity index (χ2v) is 10.2. The average molecular weight is 502 g/mol. The van der Waals surface area contributed by atoms with Gasteiger partial charge in [-0.15, -0.1) is 0 Å². The summed E-state index contributed by atoms with van der Waals surface area (Å²) in [6.07, 6.45) is -0.866. The van der Waals surface area contributed by atoms with E-state index in [2.05, 4.69) is 28.7 Å². The lowest BCUT2D eigenvalue weighted by molar-refractivity contribution is -0.253. The standard InChI is InChI=1S/C29H35N5O3/c1-29(2,3)34(28(36)32-19-17-31(18-20-32)21-23-11-6-5-7-12-23)33(37-27(35)30-4)22-25-15-10-14-24-13-8-9-16-26(24)25/h5-16H,4,17-22H2,1-3H3. The minimum Gasteiger partial charge on any atom is -0.328 e. The molecule has 37 heavy (non-hydrogen) atoms. The van der Waals surface area contributed by atoms with Crippen molar-refractivity contribution in [3.05, 3.63) is 83.9 Å². The van der Waals surface area contributed by atoms with Crippen LogP contribution in [0.4, 0.5) is 9.59 Å². The summed E-state index contributed by atoms with van der Waals surface area (Å²) in [6, 6.07) is 24.1. The molecule has 0 saturated carbocycles. The number of carbonyl (C=O) groups excluding carboxylic acids is 2. The fourth-order valence-corrected chi connectivity index (χ4v) is 4.63. The van der Waals surface area contributed by atoms with Gasteiger partial charge in [0.2, 0.25) is 0 Å². The second-order valence-electron chi connectivity index (χ2n) is 10.2. The lowest BCUT2D eigenvalue weighted by Crippen LogP contribution is -2.62. The normalized spacial score (nSPS) is 14.5. The largest absolute Gasteiger partial charge is 0.453 e. The van der Waals surface area contributed by atoms with Gasteiger partial charge in [0.25, 0.3) is 0 Å². The number of fused-ring (bicyclic) bond motifs is 1.